The Balaban J connectivity index is 2.38. The summed E-state index contributed by atoms with van der Waals surface area (Å²) < 4.78 is 0. The van der Waals surface area contributed by atoms with Crippen molar-refractivity contribution in [1.82, 2.24) is 5.32 Å². The summed E-state index contributed by atoms with van der Waals surface area (Å²) in [6, 6.07) is 7.39. The number of carbonyl (C=O) groups excluding carboxylic acids is 1. The summed E-state index contributed by atoms with van der Waals surface area (Å²) in [6.45, 7) is 1.92. The number of nitrogens with one attached hydrogen (secondary N) is 1. The molecule has 94 valence electrons. The number of rotatable bonds is 6. The number of carbonyl (C=O) groups is 1. The molecule has 17 heavy (non-hydrogen) atoms. The number of benzene rings is 1. The van der Waals surface area contributed by atoms with E-state index in [-0.39, 0.29) is 18.6 Å². The molecule has 0 bridgehead atoms. The van der Waals surface area contributed by atoms with Crippen molar-refractivity contribution in [2.24, 2.45) is 0 Å². The first-order valence-electron chi connectivity index (χ1n) is 5.90. The smallest absolute Gasteiger partial charge is 0.220 e. The molecule has 0 fully saturated rings. The van der Waals surface area contributed by atoms with Gasteiger partial charge in [0.15, 0.2) is 0 Å². The van der Waals surface area contributed by atoms with E-state index < -0.39 is 0 Å². The number of hydrogen-bond acceptors (Lipinski definition) is 3. The minimum Gasteiger partial charge on any atom is -0.399 e. The molecule has 0 aliphatic rings. The van der Waals surface area contributed by atoms with Gasteiger partial charge >= 0.3 is 0 Å². The number of nitrogens with two attached hydrogens (primary N) is 1. The second-order valence-electron chi connectivity index (χ2n) is 4.10. The Labute approximate surface area is 102 Å². The number of anilines is 1. The first-order valence-corrected chi connectivity index (χ1v) is 5.90. The van der Waals surface area contributed by atoms with Gasteiger partial charge in [0.25, 0.3) is 0 Å². The fraction of sp³-hybridized carbons (Fsp3) is 0.462. The van der Waals surface area contributed by atoms with Crippen LogP contribution in [0.3, 0.4) is 0 Å². The molecule has 0 unspecified atom stereocenters. The first kappa shape index (κ1) is 13.5. The summed E-state index contributed by atoms with van der Waals surface area (Å²) in [5.41, 5.74) is 7.42. The summed E-state index contributed by atoms with van der Waals surface area (Å²) in [5, 5.41) is 11.7. The maximum Gasteiger partial charge on any atom is 0.220 e. The van der Waals surface area contributed by atoms with E-state index in [1.807, 2.05) is 31.2 Å². The van der Waals surface area contributed by atoms with Crippen molar-refractivity contribution < 1.29 is 9.90 Å². The molecule has 4 heteroatoms. The molecule has 0 heterocycles. The molecule has 1 amide bonds. The van der Waals surface area contributed by atoms with E-state index in [1.165, 1.54) is 0 Å². The standard InChI is InChI=1S/C13H20N2O2/c1-2-12(9-16)15-13(17)7-6-10-4-3-5-11(14)8-10/h3-5,8,12,16H,2,6-7,9,14H2,1H3,(H,15,17)/t12-/m0/s1. The highest BCUT2D eigenvalue weighted by Gasteiger charge is 2.08. The van der Waals surface area contributed by atoms with Gasteiger partial charge in [-0.1, -0.05) is 19.1 Å². The van der Waals surface area contributed by atoms with Crippen molar-refractivity contribution in [3.8, 4) is 0 Å². The third kappa shape index (κ3) is 4.87. The molecule has 0 aliphatic carbocycles. The van der Waals surface area contributed by atoms with Crippen LogP contribution in [-0.4, -0.2) is 23.7 Å². The number of amides is 1. The summed E-state index contributed by atoms with van der Waals surface area (Å²) in [4.78, 5) is 11.6. The minimum atomic E-state index is -0.136. The molecule has 1 atom stereocenters. The summed E-state index contributed by atoms with van der Waals surface area (Å²) in [6.07, 6.45) is 1.82. The van der Waals surface area contributed by atoms with Crippen molar-refractivity contribution in [2.45, 2.75) is 32.2 Å². The summed E-state index contributed by atoms with van der Waals surface area (Å²) in [7, 11) is 0. The number of aliphatic hydroxyl groups excluding tert-OH is 1. The Morgan fingerprint density at radius 3 is 2.88 bits per heavy atom. The molecule has 0 aromatic heterocycles. The third-order valence-electron chi connectivity index (χ3n) is 2.67. The molecule has 0 saturated heterocycles. The molecule has 4 nitrogen and oxygen atoms in total. The first-order chi connectivity index (χ1) is 8.15. The lowest BCUT2D eigenvalue weighted by molar-refractivity contribution is -0.122. The lowest BCUT2D eigenvalue weighted by atomic mass is 10.1. The van der Waals surface area contributed by atoms with Crippen molar-refractivity contribution in [2.75, 3.05) is 12.3 Å². The minimum absolute atomic E-state index is 0.0134. The molecular weight excluding hydrogens is 216 g/mol. The number of nitrogen functional groups attached to an aromatic ring is 1. The second-order valence-corrected chi connectivity index (χ2v) is 4.10. The normalized spacial score (nSPS) is 12.1. The number of aliphatic hydroxyl groups is 1. The van der Waals surface area contributed by atoms with Crippen LogP contribution in [-0.2, 0) is 11.2 Å². The van der Waals surface area contributed by atoms with Crippen LogP contribution in [0.25, 0.3) is 0 Å². The van der Waals surface area contributed by atoms with Crippen LogP contribution in [0.2, 0.25) is 0 Å². The maximum absolute atomic E-state index is 11.6. The fourth-order valence-electron chi connectivity index (χ4n) is 1.58. The molecule has 0 radical (unpaired) electrons. The van der Waals surface area contributed by atoms with Crippen LogP contribution in [0.15, 0.2) is 24.3 Å². The van der Waals surface area contributed by atoms with E-state index in [1.54, 1.807) is 0 Å². The van der Waals surface area contributed by atoms with Gasteiger partial charge in [0.2, 0.25) is 5.91 Å². The average Bonchev–Trinajstić information content (AvgIpc) is 2.33. The Morgan fingerprint density at radius 1 is 1.53 bits per heavy atom. The van der Waals surface area contributed by atoms with Gasteiger partial charge < -0.3 is 16.2 Å². The highest BCUT2D eigenvalue weighted by molar-refractivity contribution is 5.76. The predicted octanol–water partition coefficient (Wildman–Crippen LogP) is 1.09. The van der Waals surface area contributed by atoms with Crippen molar-refractivity contribution in [1.29, 1.82) is 0 Å². The maximum atomic E-state index is 11.6. The lowest BCUT2D eigenvalue weighted by Gasteiger charge is -2.13. The van der Waals surface area contributed by atoms with Gasteiger partial charge in [-0.05, 0) is 30.5 Å². The van der Waals surface area contributed by atoms with E-state index in [0.717, 1.165) is 12.0 Å². The van der Waals surface area contributed by atoms with E-state index in [0.29, 0.717) is 18.5 Å². The SMILES string of the molecule is CC[C@@H](CO)NC(=O)CCc1cccc(N)c1. The van der Waals surface area contributed by atoms with Gasteiger partial charge in [-0.2, -0.15) is 0 Å². The van der Waals surface area contributed by atoms with Crippen LogP contribution < -0.4 is 11.1 Å². The molecule has 0 saturated carbocycles. The Kier molecular flexibility index (Phi) is 5.49. The monoisotopic (exact) mass is 236 g/mol. The van der Waals surface area contributed by atoms with E-state index in [2.05, 4.69) is 5.32 Å². The molecular formula is C13H20N2O2. The van der Waals surface area contributed by atoms with E-state index >= 15 is 0 Å². The van der Waals surface area contributed by atoms with Gasteiger partial charge in [-0.3, -0.25) is 4.79 Å². The molecule has 1 rings (SSSR count). The average molecular weight is 236 g/mol. The van der Waals surface area contributed by atoms with Crippen LogP contribution >= 0.6 is 0 Å². The number of aryl methyl sites for hydroxylation is 1. The Morgan fingerprint density at radius 2 is 2.29 bits per heavy atom. The van der Waals surface area contributed by atoms with Gasteiger partial charge in [-0.25, -0.2) is 0 Å². The fourth-order valence-corrected chi connectivity index (χ4v) is 1.58. The lowest BCUT2D eigenvalue weighted by Crippen LogP contribution is -2.37. The van der Waals surface area contributed by atoms with Gasteiger partial charge in [-0.15, -0.1) is 0 Å². The zero-order valence-corrected chi connectivity index (χ0v) is 10.1. The second kappa shape index (κ2) is 6.91. The van der Waals surface area contributed by atoms with Gasteiger partial charge in [0, 0.05) is 12.1 Å². The molecule has 0 spiro atoms. The molecule has 1 aromatic rings. The molecule has 1 aromatic carbocycles. The highest BCUT2D eigenvalue weighted by Crippen LogP contribution is 2.08. The van der Waals surface area contributed by atoms with Crippen molar-refractivity contribution in [3.63, 3.8) is 0 Å². The van der Waals surface area contributed by atoms with E-state index in [9.17, 15) is 4.79 Å². The number of hydrogen-bond donors (Lipinski definition) is 3. The molecule has 0 aliphatic heterocycles. The van der Waals surface area contributed by atoms with Gasteiger partial charge in [0.05, 0.1) is 12.6 Å². The van der Waals surface area contributed by atoms with E-state index in [4.69, 9.17) is 10.8 Å². The van der Waals surface area contributed by atoms with Gasteiger partial charge in [0.1, 0.15) is 0 Å². The zero-order chi connectivity index (χ0) is 12.7. The predicted molar refractivity (Wildman–Crippen MR) is 68.5 cm³/mol. The zero-order valence-electron chi connectivity index (χ0n) is 10.1. The van der Waals surface area contributed by atoms with Crippen LogP contribution in [0.5, 0.6) is 0 Å². The summed E-state index contributed by atoms with van der Waals surface area (Å²) in [5.74, 6) is -0.0340. The van der Waals surface area contributed by atoms with Crippen molar-refractivity contribution >= 4 is 11.6 Å². The third-order valence-corrected chi connectivity index (χ3v) is 2.67. The van der Waals surface area contributed by atoms with Crippen LogP contribution in [0.1, 0.15) is 25.3 Å². The van der Waals surface area contributed by atoms with Crippen molar-refractivity contribution in [3.05, 3.63) is 29.8 Å². The Hall–Kier alpha value is -1.55. The molecule has 4 N–H and O–H groups in total. The highest BCUT2D eigenvalue weighted by atomic mass is 16.3. The quantitative estimate of drug-likeness (QED) is 0.647. The van der Waals surface area contributed by atoms with Crippen LogP contribution in [0, 0.1) is 0 Å². The topological polar surface area (TPSA) is 75.3 Å². The summed E-state index contributed by atoms with van der Waals surface area (Å²) >= 11 is 0. The Bertz CT molecular complexity index is 362. The largest absolute Gasteiger partial charge is 0.399 e. The van der Waals surface area contributed by atoms with Crippen LogP contribution in [0.4, 0.5) is 5.69 Å².